The minimum atomic E-state index is -4.20. The standard InChI is InChI=1S/C22H28F3N5O2.C13H18BrN3O.C9H11F3N2O/c1-14-12-20(2,3)29(13-14)19-15(18(26)31)4-5-16(27-19)30-10-6-17(28-30)32-11-9-21(7-8-21)22(23,24)25;1-8-6-13(2,3)17(7-8)12-9(11(15)18)4-5-10(14)16-12;10-9(11,12)8(2-3-8)4-6-15-7-1-5-13-14-7/h4-6,10,14H,7-9,11-13H2,1-3H3,(H2,26,31);4-5,8H,6-7H2,1-3H3,(H2,15,18);1,5H,2-4,6H2,(H,13,14)/t14-;8-;/m00./s1. The normalized spacial score (nSPS) is 21.1. The number of alkyl halides is 6. The fourth-order valence-corrected chi connectivity index (χ4v) is 9.20. The third-order valence-electron chi connectivity index (χ3n) is 12.7. The molecule has 65 heavy (non-hydrogen) atoms. The number of carbonyl (C=O) groups excluding carboxylic acids is 2. The van der Waals surface area contributed by atoms with E-state index >= 15 is 0 Å². The van der Waals surface area contributed by atoms with Gasteiger partial charge in [0.1, 0.15) is 16.2 Å². The summed E-state index contributed by atoms with van der Waals surface area (Å²) in [7, 11) is 0. The summed E-state index contributed by atoms with van der Waals surface area (Å²) in [5, 5.41) is 10.5. The van der Waals surface area contributed by atoms with Crippen molar-refractivity contribution in [2.45, 2.75) is 116 Å². The molecule has 0 radical (unpaired) electrons. The van der Waals surface area contributed by atoms with Gasteiger partial charge in [-0.25, -0.2) is 19.7 Å². The Morgan fingerprint density at radius 3 is 1.68 bits per heavy atom. The summed E-state index contributed by atoms with van der Waals surface area (Å²) in [5.74, 6) is 2.32. The number of ether oxygens (including phenoxy) is 2. The maximum absolute atomic E-state index is 13.1. The van der Waals surface area contributed by atoms with Crippen molar-refractivity contribution >= 4 is 39.4 Å². The number of carbonyl (C=O) groups is 2. The van der Waals surface area contributed by atoms with Crippen LogP contribution in [-0.2, 0) is 0 Å². The number of nitrogens with one attached hydrogen (secondary N) is 1. The first kappa shape index (κ1) is 49.4. The van der Waals surface area contributed by atoms with E-state index in [2.05, 4.69) is 92.5 Å². The monoisotopic (exact) mass is 982 g/mol. The minimum absolute atomic E-state index is 0.00257. The molecule has 4 aromatic heterocycles. The van der Waals surface area contributed by atoms with Crippen LogP contribution in [0.5, 0.6) is 11.8 Å². The molecule has 2 aliphatic heterocycles. The van der Waals surface area contributed by atoms with Crippen molar-refractivity contribution < 1.29 is 45.4 Å². The third kappa shape index (κ3) is 11.5. The Morgan fingerprint density at radius 1 is 0.754 bits per heavy atom. The molecule has 2 atom stereocenters. The number of aromatic nitrogens is 6. The van der Waals surface area contributed by atoms with E-state index in [1.807, 2.05) is 0 Å². The van der Waals surface area contributed by atoms with E-state index in [4.69, 9.17) is 20.9 Å². The Bertz CT molecular complexity index is 2290. The van der Waals surface area contributed by atoms with Gasteiger partial charge in [-0.1, -0.05) is 13.8 Å². The van der Waals surface area contributed by atoms with Crippen LogP contribution in [-0.4, -0.2) is 91.5 Å². The van der Waals surface area contributed by atoms with Gasteiger partial charge >= 0.3 is 12.4 Å². The molecule has 2 saturated heterocycles. The number of pyridine rings is 2. The number of rotatable bonds is 13. The highest BCUT2D eigenvalue weighted by atomic mass is 79.9. The van der Waals surface area contributed by atoms with E-state index in [-0.39, 0.29) is 68.7 Å². The van der Waals surface area contributed by atoms with E-state index in [0.29, 0.717) is 46.3 Å². The molecule has 0 spiro atoms. The molecular weight excluding hydrogens is 926 g/mol. The lowest BCUT2D eigenvalue weighted by molar-refractivity contribution is -0.190. The van der Waals surface area contributed by atoms with Crippen molar-refractivity contribution in [1.29, 1.82) is 0 Å². The second kappa shape index (κ2) is 18.7. The highest BCUT2D eigenvalue weighted by Gasteiger charge is 2.63. The van der Waals surface area contributed by atoms with E-state index in [0.717, 1.165) is 30.5 Å². The molecule has 356 valence electrons. The Kier molecular flexibility index (Phi) is 14.2. The summed E-state index contributed by atoms with van der Waals surface area (Å²) < 4.78 is 89.4. The molecule has 2 amide bonds. The number of H-pyrrole nitrogens is 1. The van der Waals surface area contributed by atoms with Gasteiger partial charge in [-0.2, -0.15) is 31.4 Å². The lowest BCUT2D eigenvalue weighted by atomic mass is 9.97. The molecule has 21 heteroatoms. The minimum Gasteiger partial charge on any atom is -0.478 e. The highest BCUT2D eigenvalue weighted by Crippen LogP contribution is 2.60. The Hall–Kier alpha value is -5.08. The molecule has 14 nitrogen and oxygen atoms in total. The first-order valence-electron chi connectivity index (χ1n) is 21.5. The van der Waals surface area contributed by atoms with Crippen LogP contribution in [0.2, 0.25) is 0 Å². The summed E-state index contributed by atoms with van der Waals surface area (Å²) in [6, 6.07) is 9.90. The number of hydrogen-bond acceptors (Lipinski definition) is 10. The molecular formula is C44H57BrF6N10O4. The molecule has 6 heterocycles. The van der Waals surface area contributed by atoms with Crippen LogP contribution in [0.15, 0.2) is 53.4 Å². The molecule has 8 rings (SSSR count). The molecule has 0 unspecified atom stereocenters. The smallest absolute Gasteiger partial charge is 0.394 e. The molecule has 4 aromatic rings. The molecule has 4 fully saturated rings. The van der Waals surface area contributed by atoms with Crippen molar-refractivity contribution in [2.24, 2.45) is 34.1 Å². The fourth-order valence-electron chi connectivity index (χ4n) is 8.90. The van der Waals surface area contributed by atoms with Gasteiger partial charge in [0.25, 0.3) is 11.8 Å². The number of anilines is 2. The highest BCUT2D eigenvalue weighted by molar-refractivity contribution is 9.10. The van der Waals surface area contributed by atoms with Crippen LogP contribution >= 0.6 is 15.9 Å². The molecule has 0 aromatic carbocycles. The van der Waals surface area contributed by atoms with Crippen molar-refractivity contribution in [3.8, 4) is 17.6 Å². The zero-order valence-corrected chi connectivity index (χ0v) is 38.9. The van der Waals surface area contributed by atoms with Gasteiger partial charge in [0, 0.05) is 42.5 Å². The number of primary amides is 2. The largest absolute Gasteiger partial charge is 0.478 e. The Labute approximate surface area is 382 Å². The SMILES string of the molecule is C[C@@H]1CN(c2nc(-n3ccc(OCCC4(C(F)(F)F)CC4)n3)ccc2C(N)=O)C(C)(C)C1.C[C@@H]1CN(c2nc(Br)ccc2C(N)=O)C(C)(C)C1.FC(F)(F)C1(CCOc2ccn[nH]2)CC1. The average molecular weight is 984 g/mol. The van der Waals surface area contributed by atoms with E-state index in [1.54, 1.807) is 42.6 Å². The van der Waals surface area contributed by atoms with Gasteiger partial charge in [0.05, 0.1) is 41.4 Å². The van der Waals surface area contributed by atoms with Gasteiger partial charge in [0.2, 0.25) is 11.8 Å². The fraction of sp³-hybridized carbons (Fsp3) is 0.591. The van der Waals surface area contributed by atoms with Crippen LogP contribution in [0.25, 0.3) is 5.82 Å². The van der Waals surface area contributed by atoms with Crippen LogP contribution in [0.4, 0.5) is 38.0 Å². The zero-order valence-electron chi connectivity index (χ0n) is 37.3. The lowest BCUT2D eigenvalue weighted by Gasteiger charge is -2.33. The lowest BCUT2D eigenvalue weighted by Crippen LogP contribution is -2.40. The summed E-state index contributed by atoms with van der Waals surface area (Å²) in [5.41, 5.74) is 8.58. The number of aromatic amines is 1. The number of nitrogens with two attached hydrogens (primary N) is 2. The maximum atomic E-state index is 13.1. The number of halogens is 7. The summed E-state index contributed by atoms with van der Waals surface area (Å²) in [6.45, 7) is 14.6. The van der Waals surface area contributed by atoms with Gasteiger partial charge in [-0.3, -0.25) is 9.59 Å². The van der Waals surface area contributed by atoms with Gasteiger partial charge < -0.3 is 30.7 Å². The first-order valence-corrected chi connectivity index (χ1v) is 22.3. The van der Waals surface area contributed by atoms with Crippen LogP contribution in [0, 0.1) is 22.7 Å². The Balaban J connectivity index is 0.000000178. The molecule has 2 aliphatic carbocycles. The van der Waals surface area contributed by atoms with Crippen LogP contribution in [0.3, 0.4) is 0 Å². The molecule has 4 aliphatic rings. The quantitative estimate of drug-likeness (QED) is 0.0863. The summed E-state index contributed by atoms with van der Waals surface area (Å²) in [4.78, 5) is 36.9. The second-order valence-corrected chi connectivity index (χ2v) is 19.8. The predicted octanol–water partition coefficient (Wildman–Crippen LogP) is 9.19. The van der Waals surface area contributed by atoms with Crippen molar-refractivity contribution in [3.05, 3.63) is 64.5 Å². The van der Waals surface area contributed by atoms with Crippen molar-refractivity contribution in [2.75, 3.05) is 36.1 Å². The maximum Gasteiger partial charge on any atom is 0.394 e. The third-order valence-corrected chi connectivity index (χ3v) is 13.2. The molecule has 0 bridgehead atoms. The predicted molar refractivity (Wildman–Crippen MR) is 235 cm³/mol. The van der Waals surface area contributed by atoms with Crippen molar-refractivity contribution in [1.82, 2.24) is 29.9 Å². The van der Waals surface area contributed by atoms with E-state index < -0.39 is 35.0 Å². The summed E-state index contributed by atoms with van der Waals surface area (Å²) >= 11 is 3.36. The number of amides is 2. The number of nitrogens with zero attached hydrogens (tertiary/aromatic N) is 7. The topological polar surface area (TPSA) is 183 Å². The average Bonchev–Trinajstić information content (AvgIpc) is 3.97. The van der Waals surface area contributed by atoms with Crippen LogP contribution in [0.1, 0.15) is 114 Å². The van der Waals surface area contributed by atoms with E-state index in [9.17, 15) is 35.9 Å². The first-order chi connectivity index (χ1) is 30.3. The zero-order chi connectivity index (χ0) is 47.8. The van der Waals surface area contributed by atoms with Crippen molar-refractivity contribution in [3.63, 3.8) is 0 Å². The summed E-state index contributed by atoms with van der Waals surface area (Å²) in [6.07, 6.45) is -2.44. The molecule has 5 N–H and O–H groups in total. The van der Waals surface area contributed by atoms with E-state index in [1.165, 1.54) is 10.9 Å². The molecule has 2 saturated carbocycles. The number of hydrogen-bond donors (Lipinski definition) is 3. The van der Waals surface area contributed by atoms with Gasteiger partial charge in [-0.15, -0.1) is 5.10 Å². The second-order valence-electron chi connectivity index (χ2n) is 19.0. The Morgan fingerprint density at radius 2 is 1.25 bits per heavy atom. The van der Waals surface area contributed by atoms with Crippen LogP contribution < -0.4 is 30.7 Å². The van der Waals surface area contributed by atoms with Gasteiger partial charge in [0.15, 0.2) is 5.82 Å². The van der Waals surface area contributed by atoms with Gasteiger partial charge in [-0.05, 0) is 131 Å².